The molecule has 2 rings (SSSR count). The van der Waals surface area contributed by atoms with Crippen molar-refractivity contribution in [3.63, 3.8) is 0 Å². The summed E-state index contributed by atoms with van der Waals surface area (Å²) in [5, 5.41) is 2.94. The van der Waals surface area contributed by atoms with Crippen LogP contribution in [0.25, 0.3) is 0 Å². The summed E-state index contributed by atoms with van der Waals surface area (Å²) in [5.41, 5.74) is 1.81. The third kappa shape index (κ3) is 3.43. The van der Waals surface area contributed by atoms with E-state index < -0.39 is 5.54 Å². The zero-order valence-electron chi connectivity index (χ0n) is 13.0. The molecule has 0 radical (unpaired) electrons. The molecule has 0 bridgehead atoms. The molecule has 1 fully saturated rings. The average molecular weight is 289 g/mol. The van der Waals surface area contributed by atoms with Crippen LogP contribution in [-0.2, 0) is 9.53 Å². The first-order chi connectivity index (χ1) is 9.97. The Morgan fingerprint density at radius 3 is 2.14 bits per heavy atom. The third-order valence-electron chi connectivity index (χ3n) is 4.12. The van der Waals surface area contributed by atoms with Crippen LogP contribution in [0, 0.1) is 13.8 Å². The van der Waals surface area contributed by atoms with Gasteiger partial charge in [0.25, 0.3) is 5.91 Å². The number of carbonyl (C=O) groups excluding carboxylic acids is 2. The minimum absolute atomic E-state index is 0.200. The highest BCUT2D eigenvalue weighted by atomic mass is 16.5. The van der Waals surface area contributed by atoms with E-state index in [2.05, 4.69) is 5.32 Å². The fraction of sp³-hybridized carbons (Fsp3) is 0.529. The topological polar surface area (TPSA) is 55.4 Å². The maximum absolute atomic E-state index is 12.5. The van der Waals surface area contributed by atoms with E-state index in [4.69, 9.17) is 4.74 Å². The fourth-order valence-electron chi connectivity index (χ4n) is 3.13. The second-order valence-corrected chi connectivity index (χ2v) is 5.96. The minimum Gasteiger partial charge on any atom is -0.467 e. The molecule has 114 valence electrons. The van der Waals surface area contributed by atoms with Gasteiger partial charge < -0.3 is 10.1 Å². The number of esters is 1. The highest BCUT2D eigenvalue weighted by Crippen LogP contribution is 2.29. The van der Waals surface area contributed by atoms with Gasteiger partial charge in [0.1, 0.15) is 5.54 Å². The van der Waals surface area contributed by atoms with Crippen LogP contribution >= 0.6 is 0 Å². The molecule has 1 aliphatic carbocycles. The lowest BCUT2D eigenvalue weighted by atomic mass is 9.81. The second kappa shape index (κ2) is 6.29. The molecule has 1 aromatic carbocycles. The van der Waals surface area contributed by atoms with Crippen LogP contribution in [0.3, 0.4) is 0 Å². The van der Waals surface area contributed by atoms with Crippen molar-refractivity contribution in [2.45, 2.75) is 51.5 Å². The molecule has 0 aromatic heterocycles. The molecule has 1 aliphatic rings. The molecule has 21 heavy (non-hydrogen) atoms. The zero-order valence-corrected chi connectivity index (χ0v) is 13.0. The lowest BCUT2D eigenvalue weighted by Crippen LogP contribution is -2.56. The van der Waals surface area contributed by atoms with Crippen molar-refractivity contribution in [3.05, 3.63) is 34.9 Å². The normalized spacial score (nSPS) is 17.1. The van der Waals surface area contributed by atoms with Crippen molar-refractivity contribution in [2.75, 3.05) is 7.11 Å². The Kier molecular flexibility index (Phi) is 4.66. The minimum atomic E-state index is -0.859. The summed E-state index contributed by atoms with van der Waals surface area (Å²) < 4.78 is 4.92. The molecule has 4 heteroatoms. The van der Waals surface area contributed by atoms with E-state index in [0.29, 0.717) is 18.4 Å². The molecule has 1 amide bonds. The quantitative estimate of drug-likeness (QED) is 0.870. The van der Waals surface area contributed by atoms with E-state index in [1.807, 2.05) is 32.0 Å². The van der Waals surface area contributed by atoms with E-state index in [0.717, 1.165) is 30.4 Å². The van der Waals surface area contributed by atoms with Crippen molar-refractivity contribution >= 4 is 11.9 Å². The number of rotatable bonds is 3. The largest absolute Gasteiger partial charge is 0.467 e. The van der Waals surface area contributed by atoms with E-state index in [1.165, 1.54) is 7.11 Å². The molecular formula is C17H23NO3. The Balaban J connectivity index is 2.23. The lowest BCUT2D eigenvalue weighted by molar-refractivity contribution is -0.149. The van der Waals surface area contributed by atoms with Gasteiger partial charge in [0.05, 0.1) is 7.11 Å². The van der Waals surface area contributed by atoms with Gasteiger partial charge in [-0.25, -0.2) is 4.79 Å². The first-order valence-corrected chi connectivity index (χ1v) is 7.46. The number of aryl methyl sites for hydroxylation is 2. The maximum Gasteiger partial charge on any atom is 0.331 e. The molecule has 1 saturated carbocycles. The number of ether oxygens (including phenoxy) is 1. The highest BCUT2D eigenvalue weighted by Gasteiger charge is 2.42. The van der Waals surface area contributed by atoms with Crippen molar-refractivity contribution in [1.82, 2.24) is 5.32 Å². The van der Waals surface area contributed by atoms with Crippen LogP contribution < -0.4 is 5.32 Å². The van der Waals surface area contributed by atoms with Crippen molar-refractivity contribution in [3.8, 4) is 0 Å². The molecule has 1 aromatic rings. The van der Waals surface area contributed by atoms with Crippen LogP contribution in [0.2, 0.25) is 0 Å². The van der Waals surface area contributed by atoms with Gasteiger partial charge in [-0.15, -0.1) is 0 Å². The van der Waals surface area contributed by atoms with Gasteiger partial charge in [-0.05, 0) is 38.8 Å². The molecule has 0 heterocycles. The number of methoxy groups -OCH3 is 1. The predicted molar refractivity (Wildman–Crippen MR) is 81.2 cm³/mol. The molecule has 0 saturated heterocycles. The van der Waals surface area contributed by atoms with E-state index in [-0.39, 0.29) is 11.9 Å². The predicted octanol–water partition coefficient (Wildman–Crippen LogP) is 2.91. The Morgan fingerprint density at radius 1 is 1.05 bits per heavy atom. The zero-order chi connectivity index (χ0) is 15.5. The number of hydrogen-bond acceptors (Lipinski definition) is 3. The van der Waals surface area contributed by atoms with Gasteiger partial charge in [0.2, 0.25) is 0 Å². The summed E-state index contributed by atoms with van der Waals surface area (Å²) in [7, 11) is 1.38. The molecule has 1 N–H and O–H groups in total. The average Bonchev–Trinajstić information content (AvgIpc) is 2.46. The molecular weight excluding hydrogens is 266 g/mol. The van der Waals surface area contributed by atoms with Crippen LogP contribution in [0.4, 0.5) is 0 Å². The Bertz CT molecular complexity index is 525. The standard InChI is InChI=1S/C17H23NO3/c1-12-9-13(2)11-14(10-12)15(19)18-17(16(20)21-3)7-5-4-6-8-17/h9-11H,4-8H2,1-3H3,(H,18,19). The molecule has 0 unspecified atom stereocenters. The van der Waals surface area contributed by atoms with E-state index in [9.17, 15) is 9.59 Å². The van der Waals surface area contributed by atoms with Gasteiger partial charge in [-0.1, -0.05) is 36.5 Å². The number of carbonyl (C=O) groups is 2. The third-order valence-corrected chi connectivity index (χ3v) is 4.12. The van der Waals surface area contributed by atoms with E-state index in [1.54, 1.807) is 0 Å². The summed E-state index contributed by atoms with van der Waals surface area (Å²) in [6.45, 7) is 3.92. The van der Waals surface area contributed by atoms with Gasteiger partial charge in [0, 0.05) is 5.56 Å². The Morgan fingerprint density at radius 2 is 1.62 bits per heavy atom. The van der Waals surface area contributed by atoms with Crippen LogP contribution in [0.15, 0.2) is 18.2 Å². The summed E-state index contributed by atoms with van der Waals surface area (Å²) in [6, 6.07) is 5.71. The highest BCUT2D eigenvalue weighted by molar-refractivity contribution is 5.98. The summed E-state index contributed by atoms with van der Waals surface area (Å²) in [5.74, 6) is -0.533. The first-order valence-electron chi connectivity index (χ1n) is 7.46. The van der Waals surface area contributed by atoms with Crippen molar-refractivity contribution in [1.29, 1.82) is 0 Å². The second-order valence-electron chi connectivity index (χ2n) is 5.96. The molecule has 0 spiro atoms. The summed E-state index contributed by atoms with van der Waals surface area (Å²) >= 11 is 0. The Hall–Kier alpha value is -1.84. The smallest absolute Gasteiger partial charge is 0.331 e. The van der Waals surface area contributed by atoms with E-state index >= 15 is 0 Å². The fourth-order valence-corrected chi connectivity index (χ4v) is 3.13. The summed E-state index contributed by atoms with van der Waals surface area (Å²) in [4.78, 5) is 24.7. The number of hydrogen-bond donors (Lipinski definition) is 1. The Labute approximate surface area is 125 Å². The van der Waals surface area contributed by atoms with Gasteiger partial charge in [-0.2, -0.15) is 0 Å². The van der Waals surface area contributed by atoms with Gasteiger partial charge >= 0.3 is 5.97 Å². The molecule has 0 aliphatic heterocycles. The summed E-state index contributed by atoms with van der Waals surface area (Å²) in [6.07, 6.45) is 4.26. The van der Waals surface area contributed by atoms with Crippen LogP contribution in [0.1, 0.15) is 53.6 Å². The number of benzene rings is 1. The number of nitrogens with one attached hydrogen (secondary N) is 1. The van der Waals surface area contributed by atoms with Gasteiger partial charge in [0.15, 0.2) is 0 Å². The van der Waals surface area contributed by atoms with Gasteiger partial charge in [-0.3, -0.25) is 4.79 Å². The first kappa shape index (κ1) is 15.5. The maximum atomic E-state index is 12.5. The van der Waals surface area contributed by atoms with Crippen molar-refractivity contribution in [2.24, 2.45) is 0 Å². The lowest BCUT2D eigenvalue weighted by Gasteiger charge is -2.35. The van der Waals surface area contributed by atoms with Crippen LogP contribution in [0.5, 0.6) is 0 Å². The van der Waals surface area contributed by atoms with Crippen molar-refractivity contribution < 1.29 is 14.3 Å². The SMILES string of the molecule is COC(=O)C1(NC(=O)c2cc(C)cc(C)c2)CCCCC1. The van der Waals surface area contributed by atoms with Crippen LogP contribution in [-0.4, -0.2) is 24.5 Å². The molecule has 0 atom stereocenters. The molecule has 4 nitrogen and oxygen atoms in total. The monoisotopic (exact) mass is 289 g/mol. The number of amides is 1.